The number of aliphatic hydroxyl groups is 1. The van der Waals surface area contributed by atoms with Crippen LogP contribution in [-0.4, -0.2) is 58.7 Å². The fraction of sp³-hybridized carbons (Fsp3) is 0.769. The standard InChI is InChI=1S/C26H35NO4/c1-23(2,29)18-13-24-8-9-26(18,30-3)22-25(24)10-11-27(14-15-4-5-15)19(24)12-16-6-7-17(28)21(31-22)20(16)25/h6-7,15,18-19,22,28-29H,4-5,8-14H2,1-3H3/t18-,19-,22-,24?,25-,26-/m0/s1. The SMILES string of the molecule is CO[C@@]12CCC3(C[C@H]1C(C)(C)O)[C@@H]1Cc4ccc(O)c5c4[C@@]3(CCN1CC1CC1)[C@@H]2O5. The summed E-state index contributed by atoms with van der Waals surface area (Å²) in [6, 6.07) is 4.46. The Hall–Kier alpha value is -1.30. The Kier molecular flexibility index (Phi) is 3.47. The summed E-state index contributed by atoms with van der Waals surface area (Å²) in [5.74, 6) is 1.86. The monoisotopic (exact) mass is 425 g/mol. The molecule has 5 nitrogen and oxygen atoms in total. The molecule has 0 radical (unpaired) electrons. The van der Waals surface area contributed by atoms with Gasteiger partial charge in [0.25, 0.3) is 0 Å². The van der Waals surface area contributed by atoms with Gasteiger partial charge in [0, 0.05) is 42.0 Å². The van der Waals surface area contributed by atoms with Crippen LogP contribution in [0.4, 0.5) is 0 Å². The first-order valence-corrected chi connectivity index (χ1v) is 12.3. The normalized spacial score (nSPS) is 44.8. The molecular weight excluding hydrogens is 390 g/mol. The number of piperidine rings is 1. The van der Waals surface area contributed by atoms with Gasteiger partial charge in [-0.3, -0.25) is 4.90 Å². The number of ether oxygens (including phenoxy) is 2. The third-order valence-corrected chi connectivity index (χ3v) is 10.5. The highest BCUT2D eigenvalue weighted by Gasteiger charge is 2.81. The average Bonchev–Trinajstić information content (AvgIpc) is 3.47. The molecule has 1 unspecified atom stereocenters. The Morgan fingerprint density at radius 2 is 2.03 bits per heavy atom. The highest BCUT2D eigenvalue weighted by Crippen LogP contribution is 2.77. The zero-order valence-electron chi connectivity index (χ0n) is 19.0. The van der Waals surface area contributed by atoms with E-state index < -0.39 is 11.2 Å². The average molecular weight is 426 g/mol. The van der Waals surface area contributed by atoms with Crippen molar-refractivity contribution in [1.82, 2.24) is 4.90 Å². The maximum absolute atomic E-state index is 11.4. The number of fused-ring (bicyclic) bond motifs is 2. The number of benzene rings is 1. The maximum atomic E-state index is 11.4. The molecule has 8 rings (SSSR count). The highest BCUT2D eigenvalue weighted by molar-refractivity contribution is 5.63. The smallest absolute Gasteiger partial charge is 0.165 e. The van der Waals surface area contributed by atoms with Crippen molar-refractivity contribution in [3.8, 4) is 11.5 Å². The fourth-order valence-corrected chi connectivity index (χ4v) is 9.23. The number of likely N-dealkylation sites (tertiary alicyclic amines) is 1. The molecule has 2 spiro atoms. The van der Waals surface area contributed by atoms with Gasteiger partial charge in [-0.1, -0.05) is 6.07 Å². The van der Waals surface area contributed by atoms with Gasteiger partial charge >= 0.3 is 0 Å². The summed E-state index contributed by atoms with van der Waals surface area (Å²) in [5, 5.41) is 22.2. The number of hydrogen-bond donors (Lipinski definition) is 2. The van der Waals surface area contributed by atoms with Crippen LogP contribution in [0.5, 0.6) is 11.5 Å². The van der Waals surface area contributed by atoms with Crippen molar-refractivity contribution in [1.29, 1.82) is 0 Å². The van der Waals surface area contributed by atoms with Crippen molar-refractivity contribution in [2.45, 2.75) is 87.6 Å². The summed E-state index contributed by atoms with van der Waals surface area (Å²) >= 11 is 0. The molecule has 5 aliphatic carbocycles. The van der Waals surface area contributed by atoms with Crippen LogP contribution in [0.3, 0.4) is 0 Å². The number of aromatic hydroxyl groups is 1. The van der Waals surface area contributed by atoms with Gasteiger partial charge in [-0.05, 0) is 82.9 Å². The Labute approximate surface area is 184 Å². The number of methoxy groups -OCH3 is 1. The predicted octanol–water partition coefficient (Wildman–Crippen LogP) is 3.39. The van der Waals surface area contributed by atoms with Crippen LogP contribution in [0, 0.1) is 17.3 Å². The van der Waals surface area contributed by atoms with Crippen molar-refractivity contribution in [2.75, 3.05) is 20.2 Å². The van der Waals surface area contributed by atoms with E-state index in [4.69, 9.17) is 9.47 Å². The molecule has 5 fully saturated rings. The third-order valence-electron chi connectivity index (χ3n) is 10.5. The second-order valence-corrected chi connectivity index (χ2v) is 12.1. The zero-order valence-corrected chi connectivity index (χ0v) is 19.0. The molecule has 4 bridgehead atoms. The molecule has 1 aromatic carbocycles. The second-order valence-electron chi connectivity index (χ2n) is 12.1. The first-order valence-electron chi connectivity index (χ1n) is 12.3. The fourth-order valence-electron chi connectivity index (χ4n) is 9.23. The van der Waals surface area contributed by atoms with Crippen LogP contribution >= 0.6 is 0 Å². The number of rotatable bonds is 4. The minimum absolute atomic E-state index is 0.0123. The van der Waals surface area contributed by atoms with Gasteiger partial charge in [0.1, 0.15) is 11.7 Å². The summed E-state index contributed by atoms with van der Waals surface area (Å²) in [6.45, 7) is 6.23. The van der Waals surface area contributed by atoms with Gasteiger partial charge in [0.05, 0.1) is 5.60 Å². The first kappa shape index (κ1) is 19.2. The molecule has 0 aromatic heterocycles. The van der Waals surface area contributed by atoms with E-state index in [2.05, 4.69) is 11.0 Å². The molecule has 0 amide bonds. The van der Waals surface area contributed by atoms with Crippen molar-refractivity contribution >= 4 is 0 Å². The van der Waals surface area contributed by atoms with Crippen molar-refractivity contribution < 1.29 is 19.7 Å². The van der Waals surface area contributed by atoms with E-state index in [0.29, 0.717) is 11.8 Å². The van der Waals surface area contributed by atoms with Crippen LogP contribution in [0.15, 0.2) is 12.1 Å². The van der Waals surface area contributed by atoms with Crippen molar-refractivity contribution in [3.63, 3.8) is 0 Å². The molecular formula is C26H35NO4. The second kappa shape index (κ2) is 5.60. The summed E-state index contributed by atoms with van der Waals surface area (Å²) < 4.78 is 13.2. The van der Waals surface area contributed by atoms with Gasteiger partial charge in [0.2, 0.25) is 0 Å². The molecule has 2 aliphatic heterocycles. The minimum atomic E-state index is -0.846. The molecule has 7 aliphatic rings. The van der Waals surface area contributed by atoms with Gasteiger partial charge in [-0.2, -0.15) is 0 Å². The van der Waals surface area contributed by atoms with E-state index in [1.807, 2.05) is 27.0 Å². The van der Waals surface area contributed by atoms with E-state index in [9.17, 15) is 10.2 Å². The minimum Gasteiger partial charge on any atom is -0.504 e. The topological polar surface area (TPSA) is 62.2 Å². The first-order chi connectivity index (χ1) is 14.8. The Morgan fingerprint density at radius 1 is 1.23 bits per heavy atom. The highest BCUT2D eigenvalue weighted by atomic mass is 16.6. The molecule has 5 heteroatoms. The molecule has 2 N–H and O–H groups in total. The molecule has 1 aromatic rings. The Morgan fingerprint density at radius 3 is 2.74 bits per heavy atom. The van der Waals surface area contributed by atoms with Crippen molar-refractivity contribution in [3.05, 3.63) is 23.3 Å². The molecule has 4 saturated carbocycles. The van der Waals surface area contributed by atoms with Gasteiger partial charge in [-0.25, -0.2) is 0 Å². The van der Waals surface area contributed by atoms with E-state index in [0.717, 1.165) is 44.6 Å². The largest absolute Gasteiger partial charge is 0.504 e. The van der Waals surface area contributed by atoms with Gasteiger partial charge < -0.3 is 19.7 Å². The van der Waals surface area contributed by atoms with E-state index >= 15 is 0 Å². The maximum Gasteiger partial charge on any atom is 0.165 e. The van der Waals surface area contributed by atoms with E-state index in [1.165, 1.54) is 30.5 Å². The van der Waals surface area contributed by atoms with Gasteiger partial charge in [-0.15, -0.1) is 0 Å². The molecule has 2 heterocycles. The van der Waals surface area contributed by atoms with Crippen LogP contribution in [0.2, 0.25) is 0 Å². The summed E-state index contributed by atoms with van der Waals surface area (Å²) in [7, 11) is 1.81. The lowest BCUT2D eigenvalue weighted by Crippen LogP contribution is -2.82. The molecule has 1 saturated heterocycles. The summed E-state index contributed by atoms with van der Waals surface area (Å²) in [6.07, 6.45) is 7.72. The Balaban J connectivity index is 1.49. The van der Waals surface area contributed by atoms with Crippen LogP contribution in [-0.2, 0) is 16.6 Å². The summed E-state index contributed by atoms with van der Waals surface area (Å²) in [5.41, 5.74) is 1.24. The van der Waals surface area contributed by atoms with Crippen LogP contribution < -0.4 is 4.74 Å². The number of hydrogen-bond acceptors (Lipinski definition) is 5. The third kappa shape index (κ3) is 2.02. The number of phenols is 1. The van der Waals surface area contributed by atoms with Crippen LogP contribution in [0.1, 0.15) is 63.5 Å². The van der Waals surface area contributed by atoms with Crippen LogP contribution in [0.25, 0.3) is 0 Å². The summed E-state index contributed by atoms with van der Waals surface area (Å²) in [4.78, 5) is 2.81. The Bertz CT molecular complexity index is 967. The number of nitrogens with zero attached hydrogens (tertiary/aromatic N) is 1. The van der Waals surface area contributed by atoms with Crippen molar-refractivity contribution in [2.24, 2.45) is 17.3 Å². The van der Waals surface area contributed by atoms with Gasteiger partial charge in [0.15, 0.2) is 11.5 Å². The lowest BCUT2D eigenvalue weighted by Gasteiger charge is -2.75. The zero-order chi connectivity index (χ0) is 21.4. The molecule has 168 valence electrons. The lowest BCUT2D eigenvalue weighted by molar-refractivity contribution is -0.300. The number of phenolic OH excluding ortho intramolecular Hbond substituents is 1. The lowest BCUT2D eigenvalue weighted by atomic mass is 9.34. The molecule has 6 atom stereocenters. The van der Waals surface area contributed by atoms with E-state index in [1.54, 1.807) is 0 Å². The molecule has 31 heavy (non-hydrogen) atoms. The van der Waals surface area contributed by atoms with E-state index in [-0.39, 0.29) is 28.6 Å². The predicted molar refractivity (Wildman–Crippen MR) is 116 cm³/mol. The quantitative estimate of drug-likeness (QED) is 0.774.